The Labute approximate surface area is 210 Å². The van der Waals surface area contributed by atoms with Gasteiger partial charge in [0, 0.05) is 37.1 Å². The molecule has 1 aliphatic heterocycles. The molecule has 0 aliphatic carbocycles. The lowest BCUT2D eigenvalue weighted by Crippen LogP contribution is -2.40. The van der Waals surface area contributed by atoms with Crippen LogP contribution in [-0.2, 0) is 30.3 Å². The van der Waals surface area contributed by atoms with Gasteiger partial charge in [-0.2, -0.15) is 0 Å². The van der Waals surface area contributed by atoms with Crippen LogP contribution in [0.4, 0.5) is 0 Å². The number of benzene rings is 2. The van der Waals surface area contributed by atoms with E-state index < -0.39 is 23.9 Å². The van der Waals surface area contributed by atoms with Crippen LogP contribution in [0.3, 0.4) is 0 Å². The molecule has 0 unspecified atom stereocenters. The zero-order chi connectivity index (χ0) is 25.0. The topological polar surface area (TPSA) is 105 Å². The summed E-state index contributed by atoms with van der Waals surface area (Å²) in [6.07, 6.45) is -0.00628. The lowest BCUT2D eigenvalue weighted by atomic mass is 9.99. The van der Waals surface area contributed by atoms with E-state index in [1.807, 2.05) is 48.5 Å². The van der Waals surface area contributed by atoms with E-state index in [1.54, 1.807) is 0 Å². The Balaban J connectivity index is 1.58. The van der Waals surface area contributed by atoms with E-state index in [4.69, 9.17) is 26.2 Å². The Morgan fingerprint density at radius 3 is 2.49 bits per heavy atom. The maximum absolute atomic E-state index is 12.5. The van der Waals surface area contributed by atoms with Gasteiger partial charge in [-0.1, -0.05) is 48.0 Å². The van der Waals surface area contributed by atoms with Crippen LogP contribution in [-0.4, -0.2) is 73.3 Å². The molecule has 35 heavy (non-hydrogen) atoms. The van der Waals surface area contributed by atoms with Crippen LogP contribution >= 0.6 is 11.6 Å². The number of carbonyl (C=O) groups excluding carboxylic acids is 2. The summed E-state index contributed by atoms with van der Waals surface area (Å²) in [6.45, 7) is 3.88. The van der Waals surface area contributed by atoms with E-state index in [0.717, 1.165) is 29.8 Å². The van der Waals surface area contributed by atoms with Gasteiger partial charge < -0.3 is 19.9 Å². The Hall–Kier alpha value is -2.94. The van der Waals surface area contributed by atoms with E-state index in [1.165, 1.54) is 0 Å². The van der Waals surface area contributed by atoms with Crippen LogP contribution in [0.5, 0.6) is 0 Å². The fraction of sp³-hybridized carbons (Fsp3) is 0.423. The number of rotatable bonds is 12. The summed E-state index contributed by atoms with van der Waals surface area (Å²) >= 11 is 6.09. The van der Waals surface area contributed by atoms with Gasteiger partial charge in [0.1, 0.15) is 6.61 Å². The summed E-state index contributed by atoms with van der Waals surface area (Å²) in [7, 11) is 0. The van der Waals surface area contributed by atoms with Gasteiger partial charge in [-0.3, -0.25) is 19.3 Å². The molecule has 1 fully saturated rings. The first-order valence-corrected chi connectivity index (χ1v) is 12.1. The van der Waals surface area contributed by atoms with Crippen molar-refractivity contribution in [2.45, 2.75) is 31.7 Å². The third-order valence-electron chi connectivity index (χ3n) is 5.71. The molecule has 8 nitrogen and oxygen atoms in total. The molecule has 188 valence electrons. The fourth-order valence-corrected chi connectivity index (χ4v) is 4.04. The van der Waals surface area contributed by atoms with E-state index in [2.05, 4.69) is 10.2 Å². The van der Waals surface area contributed by atoms with Gasteiger partial charge in [-0.05, 0) is 35.2 Å². The number of carboxylic acids is 1. The predicted molar refractivity (Wildman–Crippen MR) is 132 cm³/mol. The highest BCUT2D eigenvalue weighted by Gasteiger charge is 2.19. The highest BCUT2D eigenvalue weighted by atomic mass is 35.5. The molecule has 1 atom stereocenters. The minimum atomic E-state index is -1.05. The summed E-state index contributed by atoms with van der Waals surface area (Å²) in [5, 5.41) is 12.3. The van der Waals surface area contributed by atoms with E-state index >= 15 is 0 Å². The first kappa shape index (κ1) is 26.7. The van der Waals surface area contributed by atoms with Gasteiger partial charge in [0.15, 0.2) is 0 Å². The molecule has 0 aromatic heterocycles. The summed E-state index contributed by atoms with van der Waals surface area (Å²) < 4.78 is 10.7. The Kier molecular flexibility index (Phi) is 10.5. The van der Waals surface area contributed by atoms with Crippen molar-refractivity contribution in [2.75, 3.05) is 39.5 Å². The molecule has 1 heterocycles. The number of halogens is 1. The van der Waals surface area contributed by atoms with Crippen LogP contribution < -0.4 is 5.32 Å². The van der Waals surface area contributed by atoms with Crippen LogP contribution in [0, 0.1) is 0 Å². The van der Waals surface area contributed by atoms with Gasteiger partial charge in [0.2, 0.25) is 5.91 Å². The lowest BCUT2D eigenvalue weighted by Gasteiger charge is -2.26. The summed E-state index contributed by atoms with van der Waals surface area (Å²) in [6, 6.07) is 14.9. The second kappa shape index (κ2) is 13.8. The zero-order valence-electron chi connectivity index (χ0n) is 19.6. The van der Waals surface area contributed by atoms with Gasteiger partial charge in [0.25, 0.3) is 0 Å². The molecule has 1 amide bonds. The van der Waals surface area contributed by atoms with Crippen LogP contribution in [0.15, 0.2) is 48.5 Å². The van der Waals surface area contributed by atoms with Crippen molar-refractivity contribution in [3.63, 3.8) is 0 Å². The zero-order valence-corrected chi connectivity index (χ0v) is 20.3. The van der Waals surface area contributed by atoms with Gasteiger partial charge in [0.05, 0.1) is 26.1 Å². The molecule has 1 saturated heterocycles. The van der Waals surface area contributed by atoms with Gasteiger partial charge in [-0.15, -0.1) is 0 Å². The molecule has 1 aliphatic rings. The van der Waals surface area contributed by atoms with E-state index in [0.29, 0.717) is 31.2 Å². The Bertz CT molecular complexity index is 992. The van der Waals surface area contributed by atoms with E-state index in [-0.39, 0.29) is 25.9 Å². The summed E-state index contributed by atoms with van der Waals surface area (Å²) in [4.78, 5) is 37.7. The smallest absolute Gasteiger partial charge is 0.307 e. The SMILES string of the molecule is O=C(O)CCC(=O)N[C@@H](CC(=O)OCCN1CCOCC1)Cc1ccc(-c2cccc(Cl)c2)cc1. The first-order chi connectivity index (χ1) is 16.9. The normalized spacial score (nSPS) is 14.8. The summed E-state index contributed by atoms with van der Waals surface area (Å²) in [5.41, 5.74) is 2.92. The Morgan fingerprint density at radius 2 is 1.80 bits per heavy atom. The quantitative estimate of drug-likeness (QED) is 0.429. The molecule has 0 spiro atoms. The van der Waals surface area contributed by atoms with E-state index in [9.17, 15) is 14.4 Å². The number of esters is 1. The fourth-order valence-electron chi connectivity index (χ4n) is 3.85. The molecule has 9 heteroatoms. The molecule has 0 radical (unpaired) electrons. The van der Waals surface area contributed by atoms with Gasteiger partial charge >= 0.3 is 11.9 Å². The molecular weight excluding hydrogens is 472 g/mol. The molecule has 0 saturated carbocycles. The predicted octanol–water partition coefficient (Wildman–Crippen LogP) is 3.16. The number of nitrogens with zero attached hydrogens (tertiary/aromatic N) is 1. The molecular formula is C26H31ClN2O6. The number of hydrogen-bond acceptors (Lipinski definition) is 6. The maximum Gasteiger partial charge on any atom is 0.307 e. The first-order valence-electron chi connectivity index (χ1n) is 11.7. The van der Waals surface area contributed by atoms with Crippen LogP contribution in [0.1, 0.15) is 24.8 Å². The molecule has 2 aromatic rings. The highest BCUT2D eigenvalue weighted by molar-refractivity contribution is 6.30. The number of carbonyl (C=O) groups is 3. The monoisotopic (exact) mass is 502 g/mol. The maximum atomic E-state index is 12.5. The lowest BCUT2D eigenvalue weighted by molar-refractivity contribution is -0.145. The van der Waals surface area contributed by atoms with Crippen LogP contribution in [0.25, 0.3) is 11.1 Å². The van der Waals surface area contributed by atoms with Crippen molar-refractivity contribution < 1.29 is 29.0 Å². The number of nitrogens with one attached hydrogen (secondary N) is 1. The molecule has 2 N–H and O–H groups in total. The van der Waals surface area contributed by atoms with Crippen LogP contribution in [0.2, 0.25) is 5.02 Å². The van der Waals surface area contributed by atoms with Crippen molar-refractivity contribution in [3.8, 4) is 11.1 Å². The largest absolute Gasteiger partial charge is 0.481 e. The molecule has 3 rings (SSSR count). The molecule has 0 bridgehead atoms. The second-order valence-electron chi connectivity index (χ2n) is 8.45. The number of amides is 1. The number of ether oxygens (including phenoxy) is 2. The number of carboxylic acid groups (broad SMARTS) is 1. The number of hydrogen-bond donors (Lipinski definition) is 2. The van der Waals surface area contributed by atoms with Crippen molar-refractivity contribution in [1.82, 2.24) is 10.2 Å². The minimum absolute atomic E-state index is 0.00202. The van der Waals surface area contributed by atoms with Crippen molar-refractivity contribution in [2.24, 2.45) is 0 Å². The average Bonchev–Trinajstić information content (AvgIpc) is 2.84. The van der Waals surface area contributed by atoms with Gasteiger partial charge in [-0.25, -0.2) is 0 Å². The van der Waals surface area contributed by atoms with Crippen molar-refractivity contribution >= 4 is 29.4 Å². The number of morpholine rings is 1. The average molecular weight is 503 g/mol. The second-order valence-corrected chi connectivity index (χ2v) is 8.88. The highest BCUT2D eigenvalue weighted by Crippen LogP contribution is 2.23. The van der Waals surface area contributed by atoms with Crippen molar-refractivity contribution in [1.29, 1.82) is 0 Å². The third-order valence-corrected chi connectivity index (χ3v) is 5.95. The third kappa shape index (κ3) is 9.68. The number of aliphatic carboxylic acids is 1. The minimum Gasteiger partial charge on any atom is -0.481 e. The van der Waals surface area contributed by atoms with Crippen molar-refractivity contribution in [3.05, 3.63) is 59.1 Å². The summed E-state index contributed by atoms with van der Waals surface area (Å²) in [5.74, 6) is -1.86. The Morgan fingerprint density at radius 1 is 1.06 bits per heavy atom. The molecule has 2 aromatic carbocycles. The standard InChI is InChI=1S/C26H31ClN2O6/c27-22-3-1-2-21(17-22)20-6-4-19(5-7-20)16-23(28-24(30)8-9-25(31)32)18-26(33)35-15-12-29-10-13-34-14-11-29/h1-7,17,23H,8-16,18H2,(H,28,30)(H,31,32)/t23-/m1/s1.